The maximum atomic E-state index is 12.3. The quantitative estimate of drug-likeness (QED) is 0.346. The molecule has 0 bridgehead atoms. The molecule has 150 valence electrons. The van der Waals surface area contributed by atoms with E-state index in [9.17, 15) is 8.42 Å². The molecule has 0 aromatic carbocycles. The molecule has 1 unspecified atom stereocenters. The van der Waals surface area contributed by atoms with Crippen LogP contribution in [0.1, 0.15) is 29.5 Å². The molecule has 1 aromatic heterocycles. The Bertz CT molecular complexity index is 698. The van der Waals surface area contributed by atoms with Gasteiger partial charge in [0.2, 0.25) is 0 Å². The molecular weight excluding hydrogens is 485 g/mol. The fraction of sp³-hybridized carbons (Fsp3) is 0.706. The summed E-state index contributed by atoms with van der Waals surface area (Å²) in [5.41, 5.74) is 0. The number of nitrogens with one attached hydrogen (secondary N) is 2. The molecule has 2 N–H and O–H groups in total. The van der Waals surface area contributed by atoms with Crippen molar-refractivity contribution >= 4 is 51.1 Å². The van der Waals surface area contributed by atoms with Crippen molar-refractivity contribution in [2.24, 2.45) is 4.99 Å². The summed E-state index contributed by atoms with van der Waals surface area (Å²) in [5, 5.41) is 6.57. The second kappa shape index (κ2) is 10.2. The van der Waals surface area contributed by atoms with Gasteiger partial charge < -0.3 is 15.4 Å². The number of hydrogen-bond donors (Lipinski definition) is 2. The maximum absolute atomic E-state index is 12.3. The van der Waals surface area contributed by atoms with Crippen LogP contribution in [-0.2, 0) is 21.0 Å². The predicted octanol–water partition coefficient (Wildman–Crippen LogP) is 2.36. The molecule has 6 nitrogen and oxygen atoms in total. The van der Waals surface area contributed by atoms with Gasteiger partial charge in [0.25, 0.3) is 0 Å². The lowest BCUT2D eigenvalue weighted by Gasteiger charge is -2.36. The lowest BCUT2D eigenvalue weighted by molar-refractivity contribution is 0.0756. The number of halogens is 1. The standard InChI is InChI=1S/C17H29N3O3S2.HI/c1-13(11-15-6-5-14(2)24-15)20-16(18-3)19-12-17(25(4,21)22)7-9-23-10-8-17;/h5-6,13H,7-12H2,1-4H3,(H2,18,19,20);1H. The van der Waals surface area contributed by atoms with Crippen LogP contribution >= 0.6 is 35.3 Å². The minimum atomic E-state index is -3.19. The van der Waals surface area contributed by atoms with E-state index in [1.54, 1.807) is 18.4 Å². The molecule has 0 spiro atoms. The topological polar surface area (TPSA) is 79.8 Å². The van der Waals surface area contributed by atoms with E-state index in [1.165, 1.54) is 16.0 Å². The molecule has 1 aromatic rings. The number of aryl methyl sites for hydroxylation is 1. The summed E-state index contributed by atoms with van der Waals surface area (Å²) in [7, 11) is -1.49. The Hall–Kier alpha value is -0.390. The third kappa shape index (κ3) is 6.35. The number of thiophene rings is 1. The van der Waals surface area contributed by atoms with Gasteiger partial charge in [-0.25, -0.2) is 8.42 Å². The van der Waals surface area contributed by atoms with Crippen molar-refractivity contribution in [1.82, 2.24) is 10.6 Å². The van der Waals surface area contributed by atoms with Gasteiger partial charge >= 0.3 is 0 Å². The smallest absolute Gasteiger partial charge is 0.191 e. The second-order valence-electron chi connectivity index (χ2n) is 6.76. The van der Waals surface area contributed by atoms with Gasteiger partial charge in [0.15, 0.2) is 15.8 Å². The average molecular weight is 515 g/mol. The Morgan fingerprint density at radius 3 is 2.54 bits per heavy atom. The van der Waals surface area contributed by atoms with Gasteiger partial charge in [-0.05, 0) is 38.8 Å². The van der Waals surface area contributed by atoms with Crippen LogP contribution in [0.4, 0.5) is 0 Å². The van der Waals surface area contributed by atoms with Crippen LogP contribution in [0.15, 0.2) is 17.1 Å². The first kappa shape index (κ1) is 23.6. The number of guanidine groups is 1. The summed E-state index contributed by atoms with van der Waals surface area (Å²) in [6.45, 7) is 5.51. The van der Waals surface area contributed by atoms with E-state index in [1.807, 2.05) is 0 Å². The van der Waals surface area contributed by atoms with Gasteiger partial charge in [0, 0.05) is 55.3 Å². The van der Waals surface area contributed by atoms with E-state index < -0.39 is 14.6 Å². The van der Waals surface area contributed by atoms with Crippen molar-refractivity contribution in [3.63, 3.8) is 0 Å². The van der Waals surface area contributed by atoms with Crippen LogP contribution in [0.2, 0.25) is 0 Å². The summed E-state index contributed by atoms with van der Waals surface area (Å²) in [5.74, 6) is 0.635. The molecule has 2 rings (SSSR count). The van der Waals surface area contributed by atoms with Gasteiger partial charge in [-0.15, -0.1) is 35.3 Å². The number of rotatable bonds is 6. The van der Waals surface area contributed by atoms with E-state index in [0.717, 1.165) is 6.42 Å². The van der Waals surface area contributed by atoms with Crippen LogP contribution in [0.25, 0.3) is 0 Å². The van der Waals surface area contributed by atoms with E-state index in [-0.39, 0.29) is 30.0 Å². The molecule has 1 atom stereocenters. The van der Waals surface area contributed by atoms with Crippen LogP contribution in [0, 0.1) is 6.92 Å². The fourth-order valence-electron chi connectivity index (χ4n) is 3.04. The lowest BCUT2D eigenvalue weighted by Crippen LogP contribution is -2.54. The van der Waals surface area contributed by atoms with Crippen LogP contribution in [0.3, 0.4) is 0 Å². The van der Waals surface area contributed by atoms with Gasteiger partial charge in [-0.2, -0.15) is 0 Å². The molecule has 0 amide bonds. The molecular formula is C17H30IN3O3S2. The summed E-state index contributed by atoms with van der Waals surface area (Å²) in [6.07, 6.45) is 3.25. The normalized spacial score (nSPS) is 18.7. The number of ether oxygens (including phenoxy) is 1. The molecule has 9 heteroatoms. The van der Waals surface area contributed by atoms with Crippen molar-refractivity contribution in [3.8, 4) is 0 Å². The number of nitrogens with zero attached hydrogens (tertiary/aromatic N) is 1. The molecule has 2 heterocycles. The Balaban J connectivity index is 0.00000338. The van der Waals surface area contributed by atoms with Crippen molar-refractivity contribution in [2.45, 2.75) is 43.9 Å². The highest BCUT2D eigenvalue weighted by atomic mass is 127. The molecule has 0 aliphatic carbocycles. The summed E-state index contributed by atoms with van der Waals surface area (Å²) in [4.78, 5) is 6.87. The van der Waals surface area contributed by atoms with E-state index in [2.05, 4.69) is 41.6 Å². The fourth-order valence-corrected chi connectivity index (χ4v) is 5.30. The largest absolute Gasteiger partial charge is 0.381 e. The van der Waals surface area contributed by atoms with Crippen molar-refractivity contribution < 1.29 is 13.2 Å². The second-order valence-corrected chi connectivity index (χ2v) is 10.5. The highest BCUT2D eigenvalue weighted by Gasteiger charge is 2.42. The summed E-state index contributed by atoms with van der Waals surface area (Å²) >= 11 is 1.80. The Morgan fingerprint density at radius 2 is 2.04 bits per heavy atom. The first-order chi connectivity index (χ1) is 11.8. The highest BCUT2D eigenvalue weighted by Crippen LogP contribution is 2.28. The van der Waals surface area contributed by atoms with Crippen LogP contribution < -0.4 is 10.6 Å². The zero-order valence-corrected chi connectivity index (χ0v) is 19.8. The Kier molecular flexibility index (Phi) is 9.31. The van der Waals surface area contributed by atoms with E-state index in [0.29, 0.717) is 38.6 Å². The SMILES string of the molecule is CN=C(NCC1(S(C)(=O)=O)CCOCC1)NC(C)Cc1ccc(C)s1.I. The van der Waals surface area contributed by atoms with Crippen molar-refractivity contribution in [1.29, 1.82) is 0 Å². The molecule has 1 aliphatic heterocycles. The third-order valence-electron chi connectivity index (χ3n) is 4.68. The molecule has 26 heavy (non-hydrogen) atoms. The predicted molar refractivity (Wildman–Crippen MR) is 120 cm³/mol. The third-order valence-corrected chi connectivity index (χ3v) is 7.83. The van der Waals surface area contributed by atoms with E-state index >= 15 is 0 Å². The number of aliphatic imine (C=N–C) groups is 1. The van der Waals surface area contributed by atoms with Gasteiger partial charge in [-0.1, -0.05) is 0 Å². The Morgan fingerprint density at radius 1 is 1.38 bits per heavy atom. The van der Waals surface area contributed by atoms with Crippen molar-refractivity contribution in [3.05, 3.63) is 21.9 Å². The first-order valence-electron chi connectivity index (χ1n) is 8.55. The molecule has 0 saturated carbocycles. The molecule has 1 saturated heterocycles. The molecule has 1 aliphatic rings. The van der Waals surface area contributed by atoms with Crippen LogP contribution in [0.5, 0.6) is 0 Å². The van der Waals surface area contributed by atoms with Crippen LogP contribution in [-0.4, -0.2) is 58.2 Å². The minimum Gasteiger partial charge on any atom is -0.381 e. The Labute approximate surface area is 178 Å². The van der Waals surface area contributed by atoms with Gasteiger partial charge in [0.1, 0.15) is 0 Å². The van der Waals surface area contributed by atoms with Gasteiger partial charge in [0.05, 0.1) is 4.75 Å². The summed E-state index contributed by atoms with van der Waals surface area (Å²) < 4.78 is 29.2. The number of hydrogen-bond acceptors (Lipinski definition) is 5. The monoisotopic (exact) mass is 515 g/mol. The van der Waals surface area contributed by atoms with Gasteiger partial charge in [-0.3, -0.25) is 4.99 Å². The first-order valence-corrected chi connectivity index (χ1v) is 11.3. The number of sulfone groups is 1. The highest BCUT2D eigenvalue weighted by molar-refractivity contribution is 14.0. The zero-order chi connectivity index (χ0) is 18.5. The molecule has 1 fully saturated rings. The average Bonchev–Trinajstić information content (AvgIpc) is 2.96. The summed E-state index contributed by atoms with van der Waals surface area (Å²) in [6, 6.07) is 4.48. The zero-order valence-electron chi connectivity index (χ0n) is 15.9. The van der Waals surface area contributed by atoms with E-state index in [4.69, 9.17) is 4.74 Å². The maximum Gasteiger partial charge on any atom is 0.191 e. The minimum absolute atomic E-state index is 0. The lowest BCUT2D eigenvalue weighted by atomic mass is 9.99. The van der Waals surface area contributed by atoms with Crippen molar-refractivity contribution in [2.75, 3.05) is 33.1 Å². The molecule has 0 radical (unpaired) electrons.